The van der Waals surface area contributed by atoms with Crippen molar-refractivity contribution in [3.63, 3.8) is 0 Å². The summed E-state index contributed by atoms with van der Waals surface area (Å²) in [4.78, 5) is 0. The topological polar surface area (TPSA) is 58.2 Å². The van der Waals surface area contributed by atoms with Gasteiger partial charge in [0.25, 0.3) is 10.2 Å². The average molecular weight is 279 g/mol. The normalized spacial score (nSPS) is 11.4. The second-order valence-electron chi connectivity index (χ2n) is 2.75. The van der Waals surface area contributed by atoms with Crippen LogP contribution in [0.2, 0.25) is 0 Å². The molecule has 0 unspecified atom stereocenters. The minimum atomic E-state index is -3.44. The van der Waals surface area contributed by atoms with Crippen LogP contribution in [-0.2, 0) is 10.2 Å². The van der Waals surface area contributed by atoms with Crippen LogP contribution in [0, 0.1) is 6.92 Å². The molecule has 0 atom stereocenters. The van der Waals surface area contributed by atoms with E-state index in [1.807, 2.05) is 13.0 Å². The first-order chi connectivity index (χ1) is 6.46. The predicted molar refractivity (Wildman–Crippen MR) is 60.5 cm³/mol. The van der Waals surface area contributed by atoms with E-state index in [4.69, 9.17) is 0 Å². The summed E-state index contributed by atoms with van der Waals surface area (Å²) in [5.74, 6) is 0. The fraction of sp³-hybridized carbons (Fsp3) is 0.250. The lowest BCUT2D eigenvalue weighted by molar-refractivity contribution is 0.593. The number of aryl methyl sites for hydroxylation is 1. The Kier molecular flexibility index (Phi) is 3.52. The van der Waals surface area contributed by atoms with Crippen LogP contribution in [0.4, 0.5) is 5.69 Å². The Labute approximate surface area is 92.0 Å². The number of nitrogens with one attached hydrogen (secondary N) is 2. The Bertz CT molecular complexity index is 431. The zero-order valence-corrected chi connectivity index (χ0v) is 10.2. The molecule has 78 valence electrons. The SMILES string of the molecule is CNS(=O)(=O)Nc1cccc(C)c1Br. The lowest BCUT2D eigenvalue weighted by Crippen LogP contribution is -2.26. The Morgan fingerprint density at radius 2 is 2.00 bits per heavy atom. The van der Waals surface area contributed by atoms with Gasteiger partial charge in [-0.1, -0.05) is 12.1 Å². The van der Waals surface area contributed by atoms with Crippen molar-refractivity contribution >= 4 is 31.8 Å². The Morgan fingerprint density at radius 3 is 2.57 bits per heavy atom. The molecule has 1 aromatic rings. The highest BCUT2D eigenvalue weighted by Gasteiger charge is 2.09. The van der Waals surface area contributed by atoms with Gasteiger partial charge in [0.1, 0.15) is 0 Å². The lowest BCUT2D eigenvalue weighted by atomic mass is 10.2. The van der Waals surface area contributed by atoms with Crippen LogP contribution in [0.3, 0.4) is 0 Å². The molecule has 14 heavy (non-hydrogen) atoms. The van der Waals surface area contributed by atoms with Gasteiger partial charge in [0.2, 0.25) is 0 Å². The molecule has 1 rings (SSSR count). The molecule has 4 nitrogen and oxygen atoms in total. The fourth-order valence-electron chi connectivity index (χ4n) is 0.922. The molecule has 0 spiro atoms. The summed E-state index contributed by atoms with van der Waals surface area (Å²) < 4.78 is 27.7. The molecule has 0 aliphatic carbocycles. The molecule has 0 bridgehead atoms. The van der Waals surface area contributed by atoms with Gasteiger partial charge in [0.15, 0.2) is 0 Å². The van der Waals surface area contributed by atoms with Gasteiger partial charge in [0.05, 0.1) is 5.69 Å². The first kappa shape index (κ1) is 11.5. The summed E-state index contributed by atoms with van der Waals surface area (Å²) in [7, 11) is -2.09. The molecular weight excluding hydrogens is 268 g/mol. The smallest absolute Gasteiger partial charge is 0.270 e. The van der Waals surface area contributed by atoms with E-state index < -0.39 is 10.2 Å². The molecule has 0 heterocycles. The molecule has 0 amide bonds. The van der Waals surface area contributed by atoms with Crippen molar-refractivity contribution in [1.29, 1.82) is 0 Å². The van der Waals surface area contributed by atoms with Crippen LogP contribution in [-0.4, -0.2) is 15.5 Å². The number of benzene rings is 1. The van der Waals surface area contributed by atoms with Crippen molar-refractivity contribution < 1.29 is 8.42 Å². The number of rotatable bonds is 3. The van der Waals surface area contributed by atoms with Crippen molar-refractivity contribution in [3.05, 3.63) is 28.2 Å². The standard InChI is InChI=1S/C8H11BrN2O2S/c1-6-4-3-5-7(8(6)9)11-14(12,13)10-2/h3-5,10-11H,1-2H3. The zero-order chi connectivity index (χ0) is 10.8. The largest absolute Gasteiger partial charge is 0.298 e. The number of hydrogen-bond acceptors (Lipinski definition) is 2. The fourth-order valence-corrected chi connectivity index (χ4v) is 1.98. The van der Waals surface area contributed by atoms with E-state index in [2.05, 4.69) is 25.4 Å². The molecule has 0 saturated heterocycles. The summed E-state index contributed by atoms with van der Waals surface area (Å²) in [6.45, 7) is 1.89. The zero-order valence-electron chi connectivity index (χ0n) is 7.83. The molecule has 0 aromatic heterocycles. The number of halogens is 1. The van der Waals surface area contributed by atoms with E-state index in [0.29, 0.717) is 5.69 Å². The van der Waals surface area contributed by atoms with E-state index in [0.717, 1.165) is 10.0 Å². The molecule has 2 N–H and O–H groups in total. The molecule has 0 radical (unpaired) electrons. The maximum absolute atomic E-state index is 11.2. The third-order valence-corrected chi connectivity index (χ3v) is 3.78. The highest BCUT2D eigenvalue weighted by Crippen LogP contribution is 2.26. The van der Waals surface area contributed by atoms with Crippen LogP contribution < -0.4 is 9.44 Å². The third-order valence-electron chi connectivity index (χ3n) is 1.70. The highest BCUT2D eigenvalue weighted by atomic mass is 79.9. The van der Waals surface area contributed by atoms with Crippen molar-refractivity contribution in [2.45, 2.75) is 6.92 Å². The van der Waals surface area contributed by atoms with Gasteiger partial charge in [-0.15, -0.1) is 0 Å². The molecule has 6 heteroatoms. The van der Waals surface area contributed by atoms with E-state index >= 15 is 0 Å². The minimum absolute atomic E-state index is 0.527. The summed E-state index contributed by atoms with van der Waals surface area (Å²) >= 11 is 3.31. The van der Waals surface area contributed by atoms with Gasteiger partial charge < -0.3 is 0 Å². The second-order valence-corrected chi connectivity index (χ2v) is 5.16. The number of hydrogen-bond donors (Lipinski definition) is 2. The van der Waals surface area contributed by atoms with Crippen molar-refractivity contribution in [3.8, 4) is 0 Å². The summed E-state index contributed by atoms with van der Waals surface area (Å²) in [6.07, 6.45) is 0. The minimum Gasteiger partial charge on any atom is -0.270 e. The first-order valence-electron chi connectivity index (χ1n) is 3.92. The second kappa shape index (κ2) is 4.29. The van der Waals surface area contributed by atoms with Crippen LogP contribution in [0.15, 0.2) is 22.7 Å². The Hall–Kier alpha value is -0.590. The highest BCUT2D eigenvalue weighted by molar-refractivity contribution is 9.10. The van der Waals surface area contributed by atoms with Crippen LogP contribution in [0.1, 0.15) is 5.56 Å². The van der Waals surface area contributed by atoms with Gasteiger partial charge in [-0.05, 0) is 34.5 Å². The maximum atomic E-state index is 11.2. The molecule has 0 aliphatic heterocycles. The summed E-state index contributed by atoms with van der Waals surface area (Å²) in [5, 5.41) is 0. The quantitative estimate of drug-likeness (QED) is 0.883. The van der Waals surface area contributed by atoms with E-state index in [1.54, 1.807) is 12.1 Å². The molecule has 1 aromatic carbocycles. The lowest BCUT2D eigenvalue weighted by Gasteiger charge is -2.09. The van der Waals surface area contributed by atoms with E-state index in [1.165, 1.54) is 7.05 Å². The van der Waals surface area contributed by atoms with Gasteiger partial charge in [-0.3, -0.25) is 4.72 Å². The molecule has 0 aliphatic rings. The number of anilines is 1. The summed E-state index contributed by atoms with van der Waals surface area (Å²) in [5.41, 5.74) is 1.50. The van der Waals surface area contributed by atoms with E-state index in [-0.39, 0.29) is 0 Å². The van der Waals surface area contributed by atoms with E-state index in [9.17, 15) is 8.42 Å². The third kappa shape index (κ3) is 2.70. The van der Waals surface area contributed by atoms with Crippen molar-refractivity contribution in [1.82, 2.24) is 4.72 Å². The Morgan fingerprint density at radius 1 is 1.36 bits per heavy atom. The maximum Gasteiger partial charge on any atom is 0.298 e. The van der Waals surface area contributed by atoms with Gasteiger partial charge in [0, 0.05) is 11.5 Å². The average Bonchev–Trinajstić information content (AvgIpc) is 2.13. The first-order valence-corrected chi connectivity index (χ1v) is 6.20. The molecule has 0 saturated carbocycles. The van der Waals surface area contributed by atoms with Crippen LogP contribution >= 0.6 is 15.9 Å². The van der Waals surface area contributed by atoms with Crippen molar-refractivity contribution in [2.75, 3.05) is 11.8 Å². The molecule has 0 fully saturated rings. The van der Waals surface area contributed by atoms with Gasteiger partial charge in [-0.25, -0.2) is 4.72 Å². The monoisotopic (exact) mass is 278 g/mol. The Balaban J connectivity index is 3.05. The summed E-state index contributed by atoms with van der Waals surface area (Å²) in [6, 6.07) is 5.36. The van der Waals surface area contributed by atoms with Crippen molar-refractivity contribution in [2.24, 2.45) is 0 Å². The van der Waals surface area contributed by atoms with Gasteiger partial charge in [-0.2, -0.15) is 8.42 Å². The van der Waals surface area contributed by atoms with Crippen LogP contribution in [0.25, 0.3) is 0 Å². The van der Waals surface area contributed by atoms with Crippen LogP contribution in [0.5, 0.6) is 0 Å². The van der Waals surface area contributed by atoms with Gasteiger partial charge >= 0.3 is 0 Å². The predicted octanol–water partition coefficient (Wildman–Crippen LogP) is 1.63. The molecular formula is C8H11BrN2O2S.